The van der Waals surface area contributed by atoms with Crippen LogP contribution in [0.2, 0.25) is 0 Å². The van der Waals surface area contributed by atoms with Crippen molar-refractivity contribution in [2.24, 2.45) is 0 Å². The summed E-state index contributed by atoms with van der Waals surface area (Å²) in [5.74, 6) is 3.20. The molecule has 0 aliphatic carbocycles. The van der Waals surface area contributed by atoms with Gasteiger partial charge in [0.2, 0.25) is 12.5 Å². The number of nitrogens with zero attached hydrogens (tertiary/aromatic N) is 1. The first kappa shape index (κ1) is 17.7. The molecule has 0 radical (unpaired) electrons. The molecule has 3 heterocycles. The van der Waals surface area contributed by atoms with Crippen molar-refractivity contribution < 1.29 is 35.9 Å². The van der Waals surface area contributed by atoms with Crippen molar-refractivity contribution in [1.29, 1.82) is 0 Å². The van der Waals surface area contributed by atoms with Gasteiger partial charge in [-0.2, -0.15) is 4.57 Å². The summed E-state index contributed by atoms with van der Waals surface area (Å²) in [5.41, 5.74) is 4.93. The van der Waals surface area contributed by atoms with Gasteiger partial charge >= 0.3 is 0 Å². The summed E-state index contributed by atoms with van der Waals surface area (Å²) < 4.78 is 24.6. The standard InChI is InChI=1S/C21H20NO4.ClH/c1-12-14-4-5-17-21(26-11-25-17)16(14)10-22-7-6-13-8-18(23-2)19(24-3)9-15(13)20(12)22;/h4-5,8-10H,6-7,11H2,1-3H3;1H/q+1;/p-1. The van der Waals surface area contributed by atoms with Crippen LogP contribution in [-0.2, 0) is 13.0 Å². The fourth-order valence-electron chi connectivity index (χ4n) is 4.13. The van der Waals surface area contributed by atoms with Gasteiger partial charge in [-0.1, -0.05) is 0 Å². The number of methoxy groups -OCH3 is 2. The number of benzene rings is 2. The van der Waals surface area contributed by atoms with E-state index in [1.54, 1.807) is 14.2 Å². The Morgan fingerprint density at radius 1 is 1.00 bits per heavy atom. The average Bonchev–Trinajstić information content (AvgIpc) is 3.15. The van der Waals surface area contributed by atoms with Crippen LogP contribution in [0.5, 0.6) is 23.0 Å². The molecular weight excluding hydrogens is 366 g/mol. The maximum Gasteiger partial charge on any atom is 0.231 e. The number of hydrogen-bond acceptors (Lipinski definition) is 4. The molecule has 0 saturated heterocycles. The van der Waals surface area contributed by atoms with Crippen LogP contribution in [0, 0.1) is 6.92 Å². The molecule has 0 N–H and O–H groups in total. The van der Waals surface area contributed by atoms with Crippen molar-refractivity contribution in [3.8, 4) is 34.3 Å². The molecule has 0 fully saturated rings. The molecule has 0 spiro atoms. The third kappa shape index (κ3) is 2.49. The molecule has 0 saturated carbocycles. The van der Waals surface area contributed by atoms with E-state index in [9.17, 15) is 0 Å². The summed E-state index contributed by atoms with van der Waals surface area (Å²) in [7, 11) is 3.35. The van der Waals surface area contributed by atoms with Gasteiger partial charge < -0.3 is 31.4 Å². The number of hydrogen-bond donors (Lipinski definition) is 0. The van der Waals surface area contributed by atoms with Gasteiger partial charge in [-0.15, -0.1) is 0 Å². The van der Waals surface area contributed by atoms with E-state index >= 15 is 0 Å². The number of ether oxygens (including phenoxy) is 4. The van der Waals surface area contributed by atoms with Crippen molar-refractivity contribution in [1.82, 2.24) is 0 Å². The Bertz CT molecular complexity index is 1060. The summed E-state index contributed by atoms with van der Waals surface area (Å²) in [6.45, 7) is 3.37. The van der Waals surface area contributed by atoms with Gasteiger partial charge in [0.1, 0.15) is 0 Å². The lowest BCUT2D eigenvalue weighted by molar-refractivity contribution is -0.686. The summed E-state index contributed by atoms with van der Waals surface area (Å²) in [5, 5.41) is 2.29. The minimum absolute atomic E-state index is 0. The molecule has 0 bridgehead atoms. The van der Waals surface area contributed by atoms with E-state index in [-0.39, 0.29) is 19.2 Å². The van der Waals surface area contributed by atoms with Gasteiger partial charge in [0, 0.05) is 17.4 Å². The second-order valence-electron chi connectivity index (χ2n) is 6.67. The minimum Gasteiger partial charge on any atom is -1.00 e. The minimum atomic E-state index is 0. The highest BCUT2D eigenvalue weighted by Crippen LogP contribution is 2.43. The Balaban J connectivity index is 0.00000180. The third-order valence-corrected chi connectivity index (χ3v) is 5.40. The van der Waals surface area contributed by atoms with Gasteiger partial charge in [-0.05, 0) is 36.8 Å². The second-order valence-corrected chi connectivity index (χ2v) is 6.67. The molecule has 5 rings (SSSR count). The summed E-state index contributed by atoms with van der Waals surface area (Å²) in [6, 6.07) is 8.30. The lowest BCUT2D eigenvalue weighted by Crippen LogP contribution is -3.00. The van der Waals surface area contributed by atoms with Gasteiger partial charge in [-0.25, -0.2) is 0 Å². The van der Waals surface area contributed by atoms with Gasteiger partial charge in [0.15, 0.2) is 35.7 Å². The van der Waals surface area contributed by atoms with E-state index in [1.807, 2.05) is 6.07 Å². The van der Waals surface area contributed by atoms with Crippen molar-refractivity contribution in [3.63, 3.8) is 0 Å². The van der Waals surface area contributed by atoms with E-state index in [4.69, 9.17) is 18.9 Å². The average molecular weight is 386 g/mol. The van der Waals surface area contributed by atoms with Crippen molar-refractivity contribution in [3.05, 3.63) is 41.6 Å². The molecule has 2 aromatic carbocycles. The first-order chi connectivity index (χ1) is 12.7. The van der Waals surface area contributed by atoms with Gasteiger partial charge in [0.05, 0.1) is 25.2 Å². The molecule has 2 aliphatic heterocycles. The van der Waals surface area contributed by atoms with Crippen molar-refractivity contribution in [2.75, 3.05) is 21.0 Å². The molecular formula is C21H20ClNO4. The van der Waals surface area contributed by atoms with Crippen LogP contribution in [0.4, 0.5) is 0 Å². The Morgan fingerprint density at radius 3 is 2.56 bits per heavy atom. The summed E-state index contributed by atoms with van der Waals surface area (Å²) >= 11 is 0. The first-order valence-corrected chi connectivity index (χ1v) is 8.72. The zero-order valence-electron chi connectivity index (χ0n) is 15.5. The van der Waals surface area contributed by atoms with Gasteiger partial charge in [0.25, 0.3) is 0 Å². The number of aryl methyl sites for hydroxylation is 3. The Morgan fingerprint density at radius 2 is 1.78 bits per heavy atom. The zero-order chi connectivity index (χ0) is 17.8. The summed E-state index contributed by atoms with van der Waals surface area (Å²) in [4.78, 5) is 0. The number of pyridine rings is 1. The predicted molar refractivity (Wildman–Crippen MR) is 97.2 cm³/mol. The molecule has 0 amide bonds. The van der Waals surface area contributed by atoms with E-state index in [0.717, 1.165) is 41.3 Å². The quantitative estimate of drug-likeness (QED) is 0.599. The lowest BCUT2D eigenvalue weighted by atomic mass is 9.91. The topological polar surface area (TPSA) is 40.8 Å². The molecule has 140 valence electrons. The van der Waals surface area contributed by atoms with Crippen LogP contribution in [0.25, 0.3) is 22.0 Å². The van der Waals surface area contributed by atoms with Crippen LogP contribution in [-0.4, -0.2) is 21.0 Å². The monoisotopic (exact) mass is 385 g/mol. The largest absolute Gasteiger partial charge is 1.00 e. The van der Waals surface area contributed by atoms with E-state index in [0.29, 0.717) is 0 Å². The molecule has 2 aliphatic rings. The first-order valence-electron chi connectivity index (χ1n) is 8.72. The second kappa shape index (κ2) is 6.50. The van der Waals surface area contributed by atoms with E-state index in [2.05, 4.69) is 35.9 Å². The highest BCUT2D eigenvalue weighted by molar-refractivity contribution is 5.95. The molecule has 0 unspecified atom stereocenters. The highest BCUT2D eigenvalue weighted by Gasteiger charge is 2.30. The fourth-order valence-corrected chi connectivity index (χ4v) is 4.13. The maximum atomic E-state index is 5.72. The van der Waals surface area contributed by atoms with Crippen molar-refractivity contribution in [2.45, 2.75) is 19.9 Å². The van der Waals surface area contributed by atoms with Crippen LogP contribution in [0.15, 0.2) is 30.5 Å². The molecule has 27 heavy (non-hydrogen) atoms. The molecule has 1 aromatic heterocycles. The van der Waals surface area contributed by atoms with E-state index < -0.39 is 0 Å². The number of rotatable bonds is 2. The Labute approximate surface area is 163 Å². The Kier molecular flexibility index (Phi) is 4.27. The Hall–Kier alpha value is -2.66. The number of halogens is 1. The normalized spacial score (nSPS) is 13.6. The van der Waals surface area contributed by atoms with Crippen LogP contribution in [0.3, 0.4) is 0 Å². The van der Waals surface area contributed by atoms with Crippen LogP contribution < -0.4 is 35.9 Å². The molecule has 3 aromatic rings. The van der Waals surface area contributed by atoms with Crippen LogP contribution in [0.1, 0.15) is 11.1 Å². The smallest absolute Gasteiger partial charge is 0.231 e. The lowest BCUT2D eigenvalue weighted by Gasteiger charge is -2.20. The van der Waals surface area contributed by atoms with Gasteiger partial charge in [-0.3, -0.25) is 0 Å². The molecule has 6 heteroatoms. The summed E-state index contributed by atoms with van der Waals surface area (Å²) in [6.07, 6.45) is 3.13. The third-order valence-electron chi connectivity index (χ3n) is 5.40. The predicted octanol–water partition coefficient (Wildman–Crippen LogP) is 0.409. The maximum absolute atomic E-state index is 5.72. The SMILES string of the molecule is COc1cc2c(cc1OC)-c1c(C)c3ccc4c(c3c[n+]1CC2)OCO4.[Cl-]. The van der Waals surface area contributed by atoms with E-state index in [1.165, 1.54) is 27.8 Å². The van der Waals surface area contributed by atoms with Crippen molar-refractivity contribution >= 4 is 10.8 Å². The number of aromatic nitrogens is 1. The number of fused-ring (bicyclic) bond motifs is 6. The van der Waals surface area contributed by atoms with Crippen LogP contribution >= 0.6 is 0 Å². The molecule has 5 nitrogen and oxygen atoms in total. The fraction of sp³-hybridized carbons (Fsp3) is 0.286. The zero-order valence-corrected chi connectivity index (χ0v) is 16.2. The molecule has 0 atom stereocenters. The highest BCUT2D eigenvalue weighted by atomic mass is 35.5.